The highest BCUT2D eigenvalue weighted by Crippen LogP contribution is 2.22. The van der Waals surface area contributed by atoms with Gasteiger partial charge in [-0.15, -0.1) is 0 Å². The maximum atomic E-state index is 10.3. The average molecular weight is 126 g/mol. The molecule has 0 aromatic carbocycles. The quantitative estimate of drug-likeness (QED) is 0.474. The minimum absolute atomic E-state index is 0.0751. The number of carbonyl (C=O) groups is 1. The first kappa shape index (κ1) is 6.61. The van der Waals surface area contributed by atoms with Crippen molar-refractivity contribution < 1.29 is 9.90 Å². The molecule has 1 radical (unpaired) electrons. The van der Waals surface area contributed by atoms with Crippen LogP contribution in [0.15, 0.2) is 0 Å². The number of nitrogens with two attached hydrogens (primary N) is 1. The SMILES string of the molecule is N[C@H]1C[B][C@H](C(=O)O)C1. The van der Waals surface area contributed by atoms with Crippen LogP contribution in [0.1, 0.15) is 6.42 Å². The van der Waals surface area contributed by atoms with Gasteiger partial charge in [-0.25, -0.2) is 0 Å². The smallest absolute Gasteiger partial charge is 0.298 e. The lowest BCUT2D eigenvalue weighted by Crippen LogP contribution is -2.14. The second-order valence-corrected chi connectivity index (χ2v) is 2.41. The molecule has 2 atom stereocenters. The van der Waals surface area contributed by atoms with Crippen LogP contribution >= 0.6 is 0 Å². The van der Waals surface area contributed by atoms with Crippen LogP contribution in [0.5, 0.6) is 0 Å². The summed E-state index contributed by atoms with van der Waals surface area (Å²) in [5, 5.41) is 8.44. The highest BCUT2D eigenvalue weighted by molar-refractivity contribution is 6.44. The minimum atomic E-state index is -0.747. The summed E-state index contributed by atoms with van der Waals surface area (Å²) >= 11 is 0. The van der Waals surface area contributed by atoms with Crippen LogP contribution in [0.2, 0.25) is 12.1 Å². The van der Waals surface area contributed by atoms with Crippen molar-refractivity contribution in [1.29, 1.82) is 0 Å². The lowest BCUT2D eigenvalue weighted by atomic mass is 9.67. The first-order valence-corrected chi connectivity index (χ1v) is 3.02. The first-order valence-electron chi connectivity index (χ1n) is 3.02. The van der Waals surface area contributed by atoms with Gasteiger partial charge in [0.05, 0.1) is 0 Å². The number of carboxylic acids is 1. The van der Waals surface area contributed by atoms with Crippen LogP contribution in [-0.2, 0) is 4.79 Å². The molecule has 0 saturated carbocycles. The van der Waals surface area contributed by atoms with Gasteiger partial charge in [-0.2, -0.15) is 0 Å². The minimum Gasteiger partial charge on any atom is -0.482 e. The molecular weight excluding hydrogens is 117 g/mol. The fourth-order valence-corrected chi connectivity index (χ4v) is 1.06. The maximum absolute atomic E-state index is 10.3. The van der Waals surface area contributed by atoms with Gasteiger partial charge in [0.25, 0.3) is 5.97 Å². The number of carboxylic acid groups (broad SMARTS) is 1. The average Bonchev–Trinajstić information content (AvgIpc) is 2.14. The number of hydrogen-bond donors (Lipinski definition) is 2. The number of aliphatic carboxylic acids is 1. The Morgan fingerprint density at radius 1 is 1.78 bits per heavy atom. The Bertz CT molecular complexity index is 128. The first-order chi connectivity index (χ1) is 4.20. The lowest BCUT2D eigenvalue weighted by molar-refractivity contribution is -0.136. The fourth-order valence-electron chi connectivity index (χ4n) is 1.06. The molecule has 0 unspecified atom stereocenters. The third kappa shape index (κ3) is 1.45. The molecule has 4 heteroatoms. The molecule has 0 aliphatic carbocycles. The molecule has 9 heavy (non-hydrogen) atoms. The molecule has 3 nitrogen and oxygen atoms in total. The Labute approximate surface area is 54.5 Å². The van der Waals surface area contributed by atoms with Crippen LogP contribution in [0, 0.1) is 0 Å². The summed E-state index contributed by atoms with van der Waals surface area (Å²) in [4.78, 5) is 10.3. The van der Waals surface area contributed by atoms with Gasteiger partial charge < -0.3 is 10.8 Å². The van der Waals surface area contributed by atoms with E-state index in [1.54, 1.807) is 7.28 Å². The highest BCUT2D eigenvalue weighted by Gasteiger charge is 2.27. The zero-order valence-electron chi connectivity index (χ0n) is 5.08. The van der Waals surface area contributed by atoms with Crippen molar-refractivity contribution >= 4 is 13.2 Å². The van der Waals surface area contributed by atoms with Crippen LogP contribution in [0.25, 0.3) is 0 Å². The van der Waals surface area contributed by atoms with Crippen molar-refractivity contribution in [3.63, 3.8) is 0 Å². The Balaban J connectivity index is 2.39. The van der Waals surface area contributed by atoms with Crippen molar-refractivity contribution in [3.8, 4) is 0 Å². The Morgan fingerprint density at radius 3 is 2.67 bits per heavy atom. The largest absolute Gasteiger partial charge is 0.482 e. The van der Waals surface area contributed by atoms with Crippen LogP contribution < -0.4 is 5.73 Å². The molecule has 0 aromatic rings. The van der Waals surface area contributed by atoms with Gasteiger partial charge in [-0.3, -0.25) is 4.79 Å². The van der Waals surface area contributed by atoms with Crippen molar-refractivity contribution in [1.82, 2.24) is 0 Å². The molecule has 1 fully saturated rings. The summed E-state index contributed by atoms with van der Waals surface area (Å²) in [5.74, 6) is -1.04. The van der Waals surface area contributed by atoms with Crippen molar-refractivity contribution in [2.45, 2.75) is 24.6 Å². The summed E-state index contributed by atoms with van der Waals surface area (Å²) in [7, 11) is 1.77. The van der Waals surface area contributed by atoms with E-state index in [1.165, 1.54) is 0 Å². The Kier molecular flexibility index (Phi) is 1.76. The lowest BCUT2D eigenvalue weighted by Gasteiger charge is -2.00. The van der Waals surface area contributed by atoms with Gasteiger partial charge in [0.1, 0.15) is 7.28 Å². The molecule has 3 N–H and O–H groups in total. The van der Waals surface area contributed by atoms with Gasteiger partial charge in [0.2, 0.25) is 0 Å². The zero-order valence-corrected chi connectivity index (χ0v) is 5.08. The van der Waals surface area contributed by atoms with Crippen LogP contribution in [-0.4, -0.2) is 24.4 Å². The van der Waals surface area contributed by atoms with Crippen molar-refractivity contribution in [3.05, 3.63) is 0 Å². The molecule has 1 aliphatic heterocycles. The third-order valence-corrected chi connectivity index (χ3v) is 1.60. The zero-order chi connectivity index (χ0) is 6.85. The van der Waals surface area contributed by atoms with Crippen LogP contribution in [0.4, 0.5) is 0 Å². The summed E-state index contributed by atoms with van der Waals surface area (Å²) in [5.41, 5.74) is 5.47. The van der Waals surface area contributed by atoms with E-state index in [-0.39, 0.29) is 11.9 Å². The van der Waals surface area contributed by atoms with Gasteiger partial charge >= 0.3 is 0 Å². The third-order valence-electron chi connectivity index (χ3n) is 1.60. The van der Waals surface area contributed by atoms with E-state index in [0.29, 0.717) is 6.42 Å². The van der Waals surface area contributed by atoms with Crippen molar-refractivity contribution in [2.24, 2.45) is 5.73 Å². The number of hydrogen-bond acceptors (Lipinski definition) is 2. The maximum Gasteiger partial charge on any atom is 0.298 e. The van der Waals surface area contributed by atoms with E-state index in [1.807, 2.05) is 0 Å². The molecule has 0 spiro atoms. The van der Waals surface area contributed by atoms with E-state index in [0.717, 1.165) is 6.32 Å². The summed E-state index contributed by atoms with van der Waals surface area (Å²) in [6.45, 7) is 0. The van der Waals surface area contributed by atoms with Crippen molar-refractivity contribution in [2.75, 3.05) is 0 Å². The number of rotatable bonds is 1. The summed E-state index contributed by atoms with van der Waals surface area (Å²) in [6.07, 6.45) is 1.35. The molecule has 49 valence electrons. The molecule has 1 rings (SSSR count). The second-order valence-electron chi connectivity index (χ2n) is 2.41. The summed E-state index contributed by atoms with van der Waals surface area (Å²) in [6, 6.07) is 0.0751. The van der Waals surface area contributed by atoms with Gasteiger partial charge in [0, 0.05) is 5.82 Å². The highest BCUT2D eigenvalue weighted by atomic mass is 16.4. The van der Waals surface area contributed by atoms with E-state index in [4.69, 9.17) is 10.8 Å². The molecular formula is C5H9BNO2. The van der Waals surface area contributed by atoms with Gasteiger partial charge in [0.15, 0.2) is 0 Å². The standard InChI is InChI=1S/C5H9BNO2/c7-3-1-4(5(8)9)6-2-3/h3-4H,1-2,7H2,(H,8,9)/t3-,4+/m1/s1. The molecule has 1 saturated heterocycles. The molecule has 0 bridgehead atoms. The van der Waals surface area contributed by atoms with E-state index < -0.39 is 5.97 Å². The topological polar surface area (TPSA) is 63.3 Å². The molecule has 0 amide bonds. The van der Waals surface area contributed by atoms with E-state index in [9.17, 15) is 4.79 Å². The molecule has 1 aliphatic rings. The predicted octanol–water partition coefficient (Wildman–Crippen LogP) is -0.287. The molecule has 0 aromatic heterocycles. The second kappa shape index (κ2) is 2.39. The normalized spacial score (nSPS) is 33.9. The Morgan fingerprint density at radius 2 is 2.44 bits per heavy atom. The fraction of sp³-hybridized carbons (Fsp3) is 0.800. The van der Waals surface area contributed by atoms with Gasteiger partial charge in [-0.05, 0) is 12.5 Å². The predicted molar refractivity (Wildman–Crippen MR) is 34.5 cm³/mol. The monoisotopic (exact) mass is 126 g/mol. The van der Waals surface area contributed by atoms with E-state index >= 15 is 0 Å². The molecule has 1 heterocycles. The van der Waals surface area contributed by atoms with Crippen LogP contribution in [0.3, 0.4) is 0 Å². The Hall–Kier alpha value is -0.505. The van der Waals surface area contributed by atoms with E-state index in [2.05, 4.69) is 0 Å². The summed E-state index contributed by atoms with van der Waals surface area (Å²) < 4.78 is 0. The van der Waals surface area contributed by atoms with Gasteiger partial charge in [-0.1, -0.05) is 6.32 Å².